The van der Waals surface area contributed by atoms with E-state index >= 15 is 0 Å². The number of aliphatic imine (C=N–C) groups is 1. The maximum absolute atomic E-state index is 12.2. The number of hydrogen-bond acceptors (Lipinski definition) is 4. The average molecular weight is 502 g/mol. The van der Waals surface area contributed by atoms with Crippen molar-refractivity contribution in [1.29, 1.82) is 0 Å². The quantitative estimate of drug-likeness (QED) is 0.231. The molecular weight excluding hydrogens is 471 g/mol. The molecule has 1 amide bonds. The number of rotatable bonds is 7. The predicted molar refractivity (Wildman–Crippen MR) is 120 cm³/mol. The summed E-state index contributed by atoms with van der Waals surface area (Å²) in [4.78, 5) is 16.8. The molecule has 3 rings (SSSR count). The van der Waals surface area contributed by atoms with Crippen LogP contribution in [-0.2, 0) is 11.3 Å². The third-order valence-corrected chi connectivity index (χ3v) is 4.89. The van der Waals surface area contributed by atoms with Crippen LogP contribution in [0.1, 0.15) is 44.6 Å². The topological polar surface area (TPSA) is 84.0 Å². The molecule has 8 heteroatoms. The minimum Gasteiger partial charge on any atom is -0.454 e. The Morgan fingerprint density at radius 1 is 1.07 bits per heavy atom. The molecule has 0 unspecified atom stereocenters. The van der Waals surface area contributed by atoms with Gasteiger partial charge < -0.3 is 25.4 Å². The summed E-state index contributed by atoms with van der Waals surface area (Å²) in [6.07, 6.45) is 5.66. The first-order chi connectivity index (χ1) is 13.3. The zero-order valence-electron chi connectivity index (χ0n) is 16.5. The van der Waals surface area contributed by atoms with Crippen molar-refractivity contribution in [2.45, 2.75) is 45.6 Å². The standard InChI is InChI=1S/C20H30N4O3.HI/c1-2-21-20(23-11-10-22-19(25)16-6-4-3-5-7-16)24-13-15-8-9-17-18(12-15)27-14-26-17;/h8-9,12,16H,2-7,10-11,13-14H2,1H3,(H,22,25)(H2,21,23,24);1H. The van der Waals surface area contributed by atoms with Crippen molar-refractivity contribution in [3.8, 4) is 11.5 Å². The van der Waals surface area contributed by atoms with Crippen LogP contribution in [0.25, 0.3) is 0 Å². The minimum atomic E-state index is 0. The first-order valence-corrected chi connectivity index (χ1v) is 9.94. The zero-order valence-corrected chi connectivity index (χ0v) is 18.8. The second kappa shape index (κ2) is 12.0. The van der Waals surface area contributed by atoms with Gasteiger partial charge in [-0.15, -0.1) is 24.0 Å². The molecule has 0 saturated heterocycles. The Balaban J connectivity index is 0.00000280. The number of benzene rings is 1. The monoisotopic (exact) mass is 502 g/mol. The Labute approximate surface area is 184 Å². The van der Waals surface area contributed by atoms with E-state index in [1.807, 2.05) is 25.1 Å². The number of hydrogen-bond donors (Lipinski definition) is 3. The van der Waals surface area contributed by atoms with Crippen LogP contribution in [0.3, 0.4) is 0 Å². The molecule has 0 bridgehead atoms. The molecule has 1 aromatic carbocycles. The Bertz CT molecular complexity index is 663. The van der Waals surface area contributed by atoms with Crippen LogP contribution in [0, 0.1) is 5.92 Å². The molecule has 2 aliphatic rings. The smallest absolute Gasteiger partial charge is 0.231 e. The van der Waals surface area contributed by atoms with Crippen molar-refractivity contribution < 1.29 is 14.3 Å². The van der Waals surface area contributed by atoms with E-state index in [9.17, 15) is 4.79 Å². The van der Waals surface area contributed by atoms with Gasteiger partial charge in [0.05, 0.1) is 6.54 Å². The molecule has 1 aliphatic carbocycles. The fourth-order valence-corrected chi connectivity index (χ4v) is 3.43. The fraction of sp³-hybridized carbons (Fsp3) is 0.600. The molecule has 28 heavy (non-hydrogen) atoms. The van der Waals surface area contributed by atoms with E-state index in [1.54, 1.807) is 0 Å². The van der Waals surface area contributed by atoms with Gasteiger partial charge in [0.1, 0.15) is 0 Å². The molecule has 7 nitrogen and oxygen atoms in total. The number of nitrogens with zero attached hydrogens (tertiary/aromatic N) is 1. The van der Waals surface area contributed by atoms with Gasteiger partial charge in [0.2, 0.25) is 12.7 Å². The first-order valence-electron chi connectivity index (χ1n) is 9.94. The lowest BCUT2D eigenvalue weighted by atomic mass is 9.89. The van der Waals surface area contributed by atoms with Crippen molar-refractivity contribution >= 4 is 35.8 Å². The lowest BCUT2D eigenvalue weighted by Crippen LogP contribution is -2.42. The maximum Gasteiger partial charge on any atom is 0.231 e. The minimum absolute atomic E-state index is 0. The maximum atomic E-state index is 12.2. The summed E-state index contributed by atoms with van der Waals surface area (Å²) in [6, 6.07) is 5.86. The molecule has 1 saturated carbocycles. The molecule has 0 radical (unpaired) electrons. The van der Waals surface area contributed by atoms with E-state index in [0.717, 1.165) is 42.4 Å². The van der Waals surface area contributed by atoms with Gasteiger partial charge in [0.25, 0.3) is 0 Å². The number of carbonyl (C=O) groups excluding carboxylic acids is 1. The Morgan fingerprint density at radius 2 is 1.82 bits per heavy atom. The van der Waals surface area contributed by atoms with Gasteiger partial charge in [-0.05, 0) is 37.5 Å². The van der Waals surface area contributed by atoms with Crippen molar-refractivity contribution in [3.63, 3.8) is 0 Å². The fourth-order valence-electron chi connectivity index (χ4n) is 3.43. The molecule has 0 atom stereocenters. The summed E-state index contributed by atoms with van der Waals surface area (Å²) in [6.45, 7) is 4.87. The van der Waals surface area contributed by atoms with Crippen LogP contribution in [-0.4, -0.2) is 38.3 Å². The number of guanidine groups is 1. The SMILES string of the molecule is CCNC(=NCc1ccc2c(c1)OCO2)NCCNC(=O)C1CCCCC1.I. The van der Waals surface area contributed by atoms with Crippen LogP contribution >= 0.6 is 24.0 Å². The normalized spacial score (nSPS) is 16.2. The molecule has 1 aliphatic heterocycles. The second-order valence-electron chi connectivity index (χ2n) is 6.94. The first kappa shape index (κ1) is 22.6. The average Bonchev–Trinajstić information content (AvgIpc) is 3.17. The van der Waals surface area contributed by atoms with Gasteiger partial charge in [0.15, 0.2) is 17.5 Å². The van der Waals surface area contributed by atoms with E-state index in [2.05, 4.69) is 20.9 Å². The largest absolute Gasteiger partial charge is 0.454 e. The van der Waals surface area contributed by atoms with Crippen molar-refractivity contribution in [3.05, 3.63) is 23.8 Å². The Morgan fingerprint density at radius 3 is 2.61 bits per heavy atom. The highest BCUT2D eigenvalue weighted by atomic mass is 127. The highest BCUT2D eigenvalue weighted by Gasteiger charge is 2.20. The van der Waals surface area contributed by atoms with Crippen LogP contribution in [0.5, 0.6) is 11.5 Å². The molecule has 1 aromatic rings. The zero-order chi connectivity index (χ0) is 18.9. The van der Waals surface area contributed by atoms with Crippen LogP contribution in [0.4, 0.5) is 0 Å². The number of halogens is 1. The van der Waals surface area contributed by atoms with Gasteiger partial charge in [-0.3, -0.25) is 4.79 Å². The molecule has 0 spiro atoms. The van der Waals surface area contributed by atoms with Gasteiger partial charge in [0, 0.05) is 25.6 Å². The van der Waals surface area contributed by atoms with E-state index < -0.39 is 0 Å². The summed E-state index contributed by atoms with van der Waals surface area (Å²) in [5, 5.41) is 9.53. The van der Waals surface area contributed by atoms with Gasteiger partial charge >= 0.3 is 0 Å². The van der Waals surface area contributed by atoms with E-state index in [0.29, 0.717) is 19.6 Å². The summed E-state index contributed by atoms with van der Waals surface area (Å²) >= 11 is 0. The number of carbonyl (C=O) groups is 1. The van der Waals surface area contributed by atoms with Crippen LogP contribution in [0.15, 0.2) is 23.2 Å². The third-order valence-electron chi connectivity index (χ3n) is 4.89. The summed E-state index contributed by atoms with van der Waals surface area (Å²) in [7, 11) is 0. The molecular formula is C20H31IN4O3. The summed E-state index contributed by atoms with van der Waals surface area (Å²) in [5.74, 6) is 2.68. The number of amides is 1. The summed E-state index contributed by atoms with van der Waals surface area (Å²) in [5.41, 5.74) is 1.06. The molecule has 3 N–H and O–H groups in total. The van der Waals surface area contributed by atoms with Gasteiger partial charge in [-0.1, -0.05) is 25.3 Å². The van der Waals surface area contributed by atoms with Crippen LogP contribution < -0.4 is 25.4 Å². The highest BCUT2D eigenvalue weighted by Crippen LogP contribution is 2.32. The van der Waals surface area contributed by atoms with Crippen LogP contribution in [0.2, 0.25) is 0 Å². The van der Waals surface area contributed by atoms with Gasteiger partial charge in [-0.2, -0.15) is 0 Å². The van der Waals surface area contributed by atoms with E-state index in [1.165, 1.54) is 19.3 Å². The molecule has 1 fully saturated rings. The molecule has 1 heterocycles. The predicted octanol–water partition coefficient (Wildman–Crippen LogP) is 2.78. The van der Waals surface area contributed by atoms with Crippen molar-refractivity contribution in [1.82, 2.24) is 16.0 Å². The molecule has 156 valence electrons. The van der Waals surface area contributed by atoms with Crippen molar-refractivity contribution in [2.75, 3.05) is 26.4 Å². The van der Waals surface area contributed by atoms with E-state index in [-0.39, 0.29) is 42.6 Å². The number of nitrogens with one attached hydrogen (secondary N) is 3. The highest BCUT2D eigenvalue weighted by molar-refractivity contribution is 14.0. The lowest BCUT2D eigenvalue weighted by Gasteiger charge is -2.21. The summed E-state index contributed by atoms with van der Waals surface area (Å²) < 4.78 is 10.7. The number of fused-ring (bicyclic) bond motifs is 1. The van der Waals surface area contributed by atoms with Gasteiger partial charge in [-0.25, -0.2) is 4.99 Å². The Hall–Kier alpha value is -1.71. The van der Waals surface area contributed by atoms with Crippen molar-refractivity contribution in [2.24, 2.45) is 10.9 Å². The third kappa shape index (κ3) is 6.72. The number of ether oxygens (including phenoxy) is 2. The second-order valence-corrected chi connectivity index (χ2v) is 6.94. The van der Waals surface area contributed by atoms with E-state index in [4.69, 9.17) is 9.47 Å². The lowest BCUT2D eigenvalue weighted by molar-refractivity contribution is -0.125. The Kier molecular flexibility index (Phi) is 9.66. The molecule has 0 aromatic heterocycles.